The normalized spacial score (nSPS) is 12.5. The van der Waals surface area contributed by atoms with Crippen molar-refractivity contribution in [1.29, 1.82) is 0 Å². The van der Waals surface area contributed by atoms with Crippen LogP contribution in [0.3, 0.4) is 0 Å². The Hall–Kier alpha value is -1.81. The third-order valence-electron chi connectivity index (χ3n) is 2.54. The summed E-state index contributed by atoms with van der Waals surface area (Å²) in [6, 6.07) is 7.96. The molecule has 0 saturated heterocycles. The minimum Gasteiger partial charge on any atom is -0.320 e. The molecule has 2 aromatic rings. The van der Waals surface area contributed by atoms with Gasteiger partial charge in [-0.2, -0.15) is 0 Å². The highest BCUT2D eigenvalue weighted by atomic mass is 19.1. The van der Waals surface area contributed by atoms with Gasteiger partial charge in [-0.3, -0.25) is 0 Å². The first-order chi connectivity index (χ1) is 8.09. The summed E-state index contributed by atoms with van der Waals surface area (Å²) in [6.45, 7) is 0. The lowest BCUT2D eigenvalue weighted by Crippen LogP contribution is -2.15. The van der Waals surface area contributed by atoms with Gasteiger partial charge in [0, 0.05) is 17.2 Å². The lowest BCUT2D eigenvalue weighted by Gasteiger charge is -2.14. The maximum atomic E-state index is 13.5. The molecule has 4 heteroatoms. The van der Waals surface area contributed by atoms with E-state index in [0.717, 1.165) is 12.1 Å². The van der Waals surface area contributed by atoms with Gasteiger partial charge in [0.1, 0.15) is 17.5 Å². The van der Waals surface area contributed by atoms with Gasteiger partial charge in [0.2, 0.25) is 0 Å². The van der Waals surface area contributed by atoms with Gasteiger partial charge in [-0.1, -0.05) is 24.3 Å². The van der Waals surface area contributed by atoms with Crippen LogP contribution in [0.2, 0.25) is 0 Å². The Labute approximate surface area is 96.7 Å². The Balaban J connectivity index is 2.44. The van der Waals surface area contributed by atoms with Gasteiger partial charge in [-0.05, 0) is 12.1 Å². The summed E-state index contributed by atoms with van der Waals surface area (Å²) in [7, 11) is 0. The van der Waals surface area contributed by atoms with Crippen LogP contribution >= 0.6 is 0 Å². The van der Waals surface area contributed by atoms with E-state index in [4.69, 9.17) is 5.73 Å². The number of hydrogen-bond donors (Lipinski definition) is 1. The van der Waals surface area contributed by atoms with Crippen molar-refractivity contribution < 1.29 is 13.2 Å². The van der Waals surface area contributed by atoms with Crippen molar-refractivity contribution in [3.05, 3.63) is 71.0 Å². The molecule has 0 aliphatic heterocycles. The molecule has 0 amide bonds. The molecule has 0 bridgehead atoms. The molecule has 88 valence electrons. The third-order valence-corrected chi connectivity index (χ3v) is 2.54. The molecule has 0 aromatic heterocycles. The first-order valence-electron chi connectivity index (χ1n) is 5.04. The SMILES string of the molecule is NC(c1ccccc1F)c1ccc(F)cc1F. The molecule has 17 heavy (non-hydrogen) atoms. The lowest BCUT2D eigenvalue weighted by molar-refractivity contribution is 0.557. The number of rotatable bonds is 2. The van der Waals surface area contributed by atoms with Crippen molar-refractivity contribution in [2.45, 2.75) is 6.04 Å². The van der Waals surface area contributed by atoms with E-state index < -0.39 is 23.5 Å². The number of halogens is 3. The lowest BCUT2D eigenvalue weighted by atomic mass is 9.98. The van der Waals surface area contributed by atoms with Crippen molar-refractivity contribution in [2.24, 2.45) is 5.73 Å². The molecule has 0 saturated carbocycles. The summed E-state index contributed by atoms with van der Waals surface area (Å²) in [6.07, 6.45) is 0. The molecule has 2 N–H and O–H groups in total. The van der Waals surface area contributed by atoms with Gasteiger partial charge in [0.05, 0.1) is 6.04 Å². The van der Waals surface area contributed by atoms with Crippen LogP contribution in [0.15, 0.2) is 42.5 Å². The van der Waals surface area contributed by atoms with Gasteiger partial charge >= 0.3 is 0 Å². The van der Waals surface area contributed by atoms with E-state index in [1.54, 1.807) is 6.07 Å². The summed E-state index contributed by atoms with van der Waals surface area (Å²) < 4.78 is 39.7. The predicted molar refractivity (Wildman–Crippen MR) is 58.8 cm³/mol. The summed E-state index contributed by atoms with van der Waals surface area (Å²) in [5.41, 5.74) is 6.01. The Morgan fingerprint density at radius 1 is 0.824 bits per heavy atom. The first-order valence-corrected chi connectivity index (χ1v) is 5.04. The quantitative estimate of drug-likeness (QED) is 0.853. The maximum absolute atomic E-state index is 13.5. The molecule has 0 radical (unpaired) electrons. The van der Waals surface area contributed by atoms with Gasteiger partial charge in [-0.25, -0.2) is 13.2 Å². The van der Waals surface area contributed by atoms with Crippen LogP contribution in [0.5, 0.6) is 0 Å². The molecular formula is C13H10F3N. The zero-order valence-electron chi connectivity index (χ0n) is 8.83. The molecule has 1 unspecified atom stereocenters. The number of hydrogen-bond acceptors (Lipinski definition) is 1. The van der Waals surface area contributed by atoms with Gasteiger partial charge in [0.15, 0.2) is 0 Å². The van der Waals surface area contributed by atoms with Gasteiger partial charge in [-0.15, -0.1) is 0 Å². The second kappa shape index (κ2) is 4.59. The first kappa shape index (κ1) is 11.7. The topological polar surface area (TPSA) is 26.0 Å². The molecule has 1 nitrogen and oxygen atoms in total. The molecule has 0 aliphatic rings. The van der Waals surface area contributed by atoms with Gasteiger partial charge in [0.25, 0.3) is 0 Å². The smallest absolute Gasteiger partial charge is 0.131 e. The van der Waals surface area contributed by atoms with Gasteiger partial charge < -0.3 is 5.73 Å². The summed E-state index contributed by atoms with van der Waals surface area (Å²) in [5.74, 6) is -1.98. The molecule has 0 spiro atoms. The third kappa shape index (κ3) is 2.31. The van der Waals surface area contributed by atoms with Crippen LogP contribution in [0.4, 0.5) is 13.2 Å². The summed E-state index contributed by atoms with van der Waals surface area (Å²) in [5, 5.41) is 0. The van der Waals surface area contributed by atoms with Crippen molar-refractivity contribution in [3.8, 4) is 0 Å². The molecule has 0 aliphatic carbocycles. The fourth-order valence-corrected chi connectivity index (χ4v) is 1.65. The summed E-state index contributed by atoms with van der Waals surface area (Å²) in [4.78, 5) is 0. The van der Waals surface area contributed by atoms with E-state index in [1.807, 2.05) is 0 Å². The van der Waals surface area contributed by atoms with E-state index in [9.17, 15) is 13.2 Å². The van der Waals surface area contributed by atoms with E-state index in [0.29, 0.717) is 0 Å². The maximum Gasteiger partial charge on any atom is 0.131 e. The monoisotopic (exact) mass is 237 g/mol. The largest absolute Gasteiger partial charge is 0.320 e. The van der Waals surface area contributed by atoms with Crippen LogP contribution in [0.1, 0.15) is 17.2 Å². The highest BCUT2D eigenvalue weighted by molar-refractivity contribution is 5.33. The van der Waals surface area contributed by atoms with Crippen molar-refractivity contribution in [3.63, 3.8) is 0 Å². The van der Waals surface area contributed by atoms with E-state index in [-0.39, 0.29) is 11.1 Å². The summed E-state index contributed by atoms with van der Waals surface area (Å²) >= 11 is 0. The molecule has 0 fully saturated rings. The van der Waals surface area contributed by atoms with E-state index in [1.165, 1.54) is 24.3 Å². The molecule has 1 atom stereocenters. The molecule has 2 aromatic carbocycles. The van der Waals surface area contributed by atoms with E-state index in [2.05, 4.69) is 0 Å². The van der Waals surface area contributed by atoms with Crippen LogP contribution in [-0.2, 0) is 0 Å². The second-order valence-electron chi connectivity index (χ2n) is 3.67. The van der Waals surface area contributed by atoms with Crippen LogP contribution in [-0.4, -0.2) is 0 Å². The molecule has 0 heterocycles. The van der Waals surface area contributed by atoms with Crippen molar-refractivity contribution in [2.75, 3.05) is 0 Å². The fourth-order valence-electron chi connectivity index (χ4n) is 1.65. The Morgan fingerprint density at radius 3 is 2.12 bits per heavy atom. The van der Waals surface area contributed by atoms with Crippen molar-refractivity contribution >= 4 is 0 Å². The second-order valence-corrected chi connectivity index (χ2v) is 3.67. The standard InChI is InChI=1S/C13H10F3N/c14-8-5-6-10(12(16)7-8)13(17)9-3-1-2-4-11(9)15/h1-7,13H,17H2. The fraction of sp³-hybridized carbons (Fsp3) is 0.0769. The average Bonchev–Trinajstić information content (AvgIpc) is 2.29. The van der Waals surface area contributed by atoms with E-state index >= 15 is 0 Å². The zero-order chi connectivity index (χ0) is 12.4. The Morgan fingerprint density at radius 2 is 1.47 bits per heavy atom. The van der Waals surface area contributed by atoms with Crippen LogP contribution in [0.25, 0.3) is 0 Å². The van der Waals surface area contributed by atoms with Crippen LogP contribution < -0.4 is 5.73 Å². The molecule has 2 rings (SSSR count). The highest BCUT2D eigenvalue weighted by Crippen LogP contribution is 2.24. The zero-order valence-corrected chi connectivity index (χ0v) is 8.83. The Bertz CT molecular complexity index is 540. The number of benzene rings is 2. The average molecular weight is 237 g/mol. The van der Waals surface area contributed by atoms with Crippen LogP contribution in [0, 0.1) is 17.5 Å². The highest BCUT2D eigenvalue weighted by Gasteiger charge is 2.16. The number of nitrogens with two attached hydrogens (primary N) is 1. The minimum atomic E-state index is -0.947. The Kier molecular flexibility index (Phi) is 3.15. The van der Waals surface area contributed by atoms with Crippen molar-refractivity contribution in [1.82, 2.24) is 0 Å². The predicted octanol–water partition coefficient (Wildman–Crippen LogP) is 3.15. The molecular weight excluding hydrogens is 227 g/mol. The minimum absolute atomic E-state index is 0.0662.